The van der Waals surface area contributed by atoms with Crippen molar-refractivity contribution >= 4 is 33.4 Å². The maximum atomic E-state index is 12.9. The summed E-state index contributed by atoms with van der Waals surface area (Å²) in [6, 6.07) is 8.56. The number of amides is 1. The van der Waals surface area contributed by atoms with E-state index in [2.05, 4.69) is 26.3 Å². The van der Waals surface area contributed by atoms with Crippen molar-refractivity contribution in [2.24, 2.45) is 0 Å². The highest BCUT2D eigenvalue weighted by Crippen LogP contribution is 2.25. The summed E-state index contributed by atoms with van der Waals surface area (Å²) < 4.78 is 5.78. The molecule has 0 bridgehead atoms. The fourth-order valence-electron chi connectivity index (χ4n) is 3.55. The smallest absolute Gasteiger partial charge is 0.302 e. The van der Waals surface area contributed by atoms with Crippen molar-refractivity contribution in [3.8, 4) is 5.75 Å². The summed E-state index contributed by atoms with van der Waals surface area (Å²) in [5.41, 5.74) is 3.98. The number of nitro groups is 1. The average molecular weight is 540 g/mol. The van der Waals surface area contributed by atoms with E-state index in [1.807, 2.05) is 17.9 Å². The number of rotatable bonds is 8. The first-order chi connectivity index (χ1) is 15.7. The molecular weight excluding hydrogens is 516 g/mol. The molecule has 0 fully saturated rings. The second-order valence-electron chi connectivity index (χ2n) is 7.35. The summed E-state index contributed by atoms with van der Waals surface area (Å²) in [6.07, 6.45) is 1.65. The Hall–Kier alpha value is -2.89. The minimum atomic E-state index is -0.408. The second-order valence-corrected chi connectivity index (χ2v) is 8.60. The van der Waals surface area contributed by atoms with Gasteiger partial charge >= 0.3 is 5.70 Å². The third kappa shape index (κ3) is 5.92. The number of halogens is 2. The molecule has 10 nitrogen and oxygen atoms in total. The van der Waals surface area contributed by atoms with Gasteiger partial charge in [0.1, 0.15) is 17.4 Å². The first-order valence-corrected chi connectivity index (χ1v) is 11.2. The molecule has 0 unspecified atom stereocenters. The van der Waals surface area contributed by atoms with Crippen LogP contribution in [-0.4, -0.2) is 64.5 Å². The standard InChI is InChI=1S/C21H24BrClN6O4/c1-4-27(11-14-5-8-19(23)24-10-14)21-18(29(31)32)12-28(13-26(21)2)25-20(30)16-9-15(33-3)6-7-17(16)22/h5-10H,4,11-13H2,1-3H3,(H,25,30). The highest BCUT2D eigenvalue weighted by molar-refractivity contribution is 9.10. The SMILES string of the molecule is CCN(Cc1ccc(Cl)nc1)C1=C([N+](=O)[O-])CN(NC(=O)c2cc(OC)ccc2Br)CN1C. The molecule has 3 rings (SSSR count). The minimum Gasteiger partial charge on any atom is -0.497 e. The summed E-state index contributed by atoms with van der Waals surface area (Å²) in [7, 11) is 3.27. The van der Waals surface area contributed by atoms with Gasteiger partial charge in [0.2, 0.25) is 0 Å². The molecule has 1 amide bonds. The van der Waals surface area contributed by atoms with E-state index < -0.39 is 10.8 Å². The van der Waals surface area contributed by atoms with Crippen molar-refractivity contribution in [3.63, 3.8) is 0 Å². The zero-order chi connectivity index (χ0) is 24.1. The molecule has 33 heavy (non-hydrogen) atoms. The molecule has 0 atom stereocenters. The van der Waals surface area contributed by atoms with Gasteiger partial charge in [-0.05, 0) is 52.7 Å². The van der Waals surface area contributed by atoms with Crippen LogP contribution in [0.1, 0.15) is 22.8 Å². The zero-order valence-electron chi connectivity index (χ0n) is 18.4. The fraction of sp³-hybridized carbons (Fsp3) is 0.333. The molecule has 0 aliphatic carbocycles. The highest BCUT2D eigenvalue weighted by atomic mass is 79.9. The Labute approximate surface area is 205 Å². The fourth-order valence-corrected chi connectivity index (χ4v) is 4.09. The predicted octanol–water partition coefficient (Wildman–Crippen LogP) is 3.32. The average Bonchev–Trinajstić information content (AvgIpc) is 2.79. The van der Waals surface area contributed by atoms with E-state index in [0.29, 0.717) is 39.8 Å². The first kappa shape index (κ1) is 24.7. The number of hydrazine groups is 1. The van der Waals surface area contributed by atoms with Gasteiger partial charge in [-0.3, -0.25) is 20.3 Å². The van der Waals surface area contributed by atoms with Gasteiger partial charge in [0.15, 0.2) is 5.82 Å². The number of aromatic nitrogens is 1. The van der Waals surface area contributed by atoms with Crippen LogP contribution in [0.25, 0.3) is 0 Å². The molecule has 176 valence electrons. The Morgan fingerprint density at radius 2 is 2.15 bits per heavy atom. The lowest BCUT2D eigenvalue weighted by molar-refractivity contribution is -0.434. The van der Waals surface area contributed by atoms with Gasteiger partial charge in [0.25, 0.3) is 5.91 Å². The molecule has 1 aliphatic heterocycles. The molecule has 0 saturated heterocycles. The van der Waals surface area contributed by atoms with E-state index in [0.717, 1.165) is 5.56 Å². The van der Waals surface area contributed by atoms with Crippen LogP contribution in [0.4, 0.5) is 0 Å². The quantitative estimate of drug-likeness (QED) is 0.310. The number of methoxy groups -OCH3 is 1. The van der Waals surface area contributed by atoms with Gasteiger partial charge in [-0.15, -0.1) is 0 Å². The Balaban J connectivity index is 1.83. The lowest BCUT2D eigenvalue weighted by Crippen LogP contribution is -2.54. The summed E-state index contributed by atoms with van der Waals surface area (Å²) in [4.78, 5) is 32.1. The van der Waals surface area contributed by atoms with E-state index in [9.17, 15) is 14.9 Å². The van der Waals surface area contributed by atoms with E-state index in [4.69, 9.17) is 16.3 Å². The Morgan fingerprint density at radius 3 is 2.76 bits per heavy atom. The van der Waals surface area contributed by atoms with Crippen molar-refractivity contribution < 1.29 is 14.5 Å². The molecule has 1 aliphatic rings. The third-order valence-corrected chi connectivity index (χ3v) is 6.00. The van der Waals surface area contributed by atoms with Crippen LogP contribution >= 0.6 is 27.5 Å². The number of pyridine rings is 1. The third-order valence-electron chi connectivity index (χ3n) is 5.08. The van der Waals surface area contributed by atoms with Crippen LogP contribution < -0.4 is 10.2 Å². The van der Waals surface area contributed by atoms with Crippen LogP contribution in [0.2, 0.25) is 5.15 Å². The summed E-state index contributed by atoms with van der Waals surface area (Å²) in [6.45, 7) is 3.10. The first-order valence-electron chi connectivity index (χ1n) is 10.1. The van der Waals surface area contributed by atoms with Gasteiger partial charge in [0.05, 0.1) is 24.3 Å². The largest absolute Gasteiger partial charge is 0.497 e. The van der Waals surface area contributed by atoms with E-state index in [1.54, 1.807) is 42.4 Å². The van der Waals surface area contributed by atoms with Crippen LogP contribution in [-0.2, 0) is 6.54 Å². The number of nitrogens with zero attached hydrogens (tertiary/aromatic N) is 5. The lowest BCUT2D eigenvalue weighted by atomic mass is 10.2. The van der Waals surface area contributed by atoms with Gasteiger partial charge in [-0.2, -0.15) is 5.01 Å². The topological polar surface area (TPSA) is 104 Å². The maximum absolute atomic E-state index is 12.9. The van der Waals surface area contributed by atoms with Crippen LogP contribution in [0, 0.1) is 10.1 Å². The second kappa shape index (κ2) is 10.8. The number of carbonyl (C=O) groups is 1. The zero-order valence-corrected chi connectivity index (χ0v) is 20.8. The molecule has 2 aromatic rings. The number of carbonyl (C=O) groups excluding carboxylic acids is 1. The van der Waals surface area contributed by atoms with Gasteiger partial charge in [0, 0.05) is 30.8 Å². The van der Waals surface area contributed by atoms with Crippen molar-refractivity contribution in [2.45, 2.75) is 13.5 Å². The highest BCUT2D eigenvalue weighted by Gasteiger charge is 2.34. The summed E-state index contributed by atoms with van der Waals surface area (Å²) >= 11 is 9.23. The van der Waals surface area contributed by atoms with Crippen molar-refractivity contribution in [1.29, 1.82) is 0 Å². The maximum Gasteiger partial charge on any atom is 0.302 e. The summed E-state index contributed by atoms with van der Waals surface area (Å²) in [5, 5.41) is 13.9. The van der Waals surface area contributed by atoms with Crippen LogP contribution in [0.15, 0.2) is 52.5 Å². The van der Waals surface area contributed by atoms with Gasteiger partial charge in [-0.25, -0.2) is 4.98 Å². The molecule has 2 heterocycles. The van der Waals surface area contributed by atoms with E-state index >= 15 is 0 Å². The van der Waals surface area contributed by atoms with Gasteiger partial charge < -0.3 is 14.5 Å². The number of ether oxygens (including phenoxy) is 1. The predicted molar refractivity (Wildman–Crippen MR) is 127 cm³/mol. The van der Waals surface area contributed by atoms with E-state index in [1.165, 1.54) is 12.1 Å². The van der Waals surface area contributed by atoms with Crippen LogP contribution in [0.3, 0.4) is 0 Å². The molecular formula is C21H24BrClN6O4. The van der Waals surface area contributed by atoms with Crippen molar-refractivity contribution in [2.75, 3.05) is 33.9 Å². The molecule has 1 aromatic carbocycles. The van der Waals surface area contributed by atoms with Crippen LogP contribution in [0.5, 0.6) is 5.75 Å². The molecule has 12 heteroatoms. The molecule has 1 N–H and O–H groups in total. The molecule has 0 radical (unpaired) electrons. The Morgan fingerprint density at radius 1 is 1.39 bits per heavy atom. The summed E-state index contributed by atoms with van der Waals surface area (Å²) in [5.74, 6) is 0.618. The number of nitrogens with one attached hydrogen (secondary N) is 1. The number of benzene rings is 1. The number of hydrogen-bond donors (Lipinski definition) is 1. The Kier molecular flexibility index (Phi) is 8.11. The minimum absolute atomic E-state index is 0.0162. The Bertz CT molecular complexity index is 1070. The van der Waals surface area contributed by atoms with Gasteiger partial charge in [-0.1, -0.05) is 17.7 Å². The normalized spacial score (nSPS) is 14.3. The van der Waals surface area contributed by atoms with Crippen molar-refractivity contribution in [1.82, 2.24) is 25.2 Å². The van der Waals surface area contributed by atoms with E-state index in [-0.39, 0.29) is 18.9 Å². The lowest BCUT2D eigenvalue weighted by Gasteiger charge is -2.39. The molecule has 1 aromatic heterocycles. The number of hydrogen-bond acceptors (Lipinski definition) is 8. The molecule has 0 saturated carbocycles. The monoisotopic (exact) mass is 538 g/mol. The molecule has 0 spiro atoms. The van der Waals surface area contributed by atoms with Crippen molar-refractivity contribution in [3.05, 3.63) is 78.9 Å².